The van der Waals surface area contributed by atoms with Crippen molar-refractivity contribution >= 4 is 5.82 Å². The summed E-state index contributed by atoms with van der Waals surface area (Å²) in [6, 6.07) is 5.23. The maximum absolute atomic E-state index is 4.33. The molecule has 1 saturated heterocycles. The summed E-state index contributed by atoms with van der Waals surface area (Å²) in [6.07, 6.45) is 4.76. The van der Waals surface area contributed by atoms with E-state index in [2.05, 4.69) is 39.2 Å². The van der Waals surface area contributed by atoms with E-state index in [0.717, 1.165) is 24.9 Å². The van der Waals surface area contributed by atoms with Gasteiger partial charge in [-0.2, -0.15) is 0 Å². The molecule has 0 atom stereocenters. The van der Waals surface area contributed by atoms with Crippen LogP contribution in [0.1, 0.15) is 25.3 Å². The van der Waals surface area contributed by atoms with E-state index >= 15 is 0 Å². The second kappa shape index (κ2) is 5.88. The molecule has 4 heteroatoms. The molecule has 2 aliphatic rings. The van der Waals surface area contributed by atoms with Crippen LogP contribution in [0.2, 0.25) is 0 Å². The van der Waals surface area contributed by atoms with Crippen LogP contribution in [0.25, 0.3) is 0 Å². The van der Waals surface area contributed by atoms with E-state index in [4.69, 9.17) is 0 Å². The summed E-state index contributed by atoms with van der Waals surface area (Å²) in [6.45, 7) is 8.98. The molecule has 4 nitrogen and oxygen atoms in total. The Kier molecular flexibility index (Phi) is 3.99. The lowest BCUT2D eigenvalue weighted by Gasteiger charge is -2.34. The van der Waals surface area contributed by atoms with Gasteiger partial charge >= 0.3 is 0 Å². The number of pyridine rings is 1. The molecule has 0 unspecified atom stereocenters. The van der Waals surface area contributed by atoms with Gasteiger partial charge in [-0.25, -0.2) is 4.98 Å². The fraction of sp³-hybridized carbons (Fsp3) is 0.667. The molecule has 2 heterocycles. The number of hydrogen-bond donors (Lipinski definition) is 1. The van der Waals surface area contributed by atoms with Gasteiger partial charge in [-0.3, -0.25) is 9.80 Å². The van der Waals surface area contributed by atoms with E-state index in [1.54, 1.807) is 0 Å². The summed E-state index contributed by atoms with van der Waals surface area (Å²) in [5.74, 6) is 0.997. The summed E-state index contributed by atoms with van der Waals surface area (Å²) in [7, 11) is 0. The predicted octanol–water partition coefficient (Wildman–Crippen LogP) is 1.79. The monoisotopic (exact) mass is 260 g/mol. The van der Waals surface area contributed by atoms with Crippen molar-refractivity contribution in [1.82, 2.24) is 14.8 Å². The van der Waals surface area contributed by atoms with Crippen molar-refractivity contribution in [2.45, 2.75) is 32.4 Å². The lowest BCUT2D eigenvalue weighted by Crippen LogP contribution is -2.46. The average molecular weight is 260 g/mol. The van der Waals surface area contributed by atoms with Gasteiger partial charge in [0.25, 0.3) is 0 Å². The summed E-state index contributed by atoms with van der Waals surface area (Å²) < 4.78 is 0. The average Bonchev–Trinajstić information content (AvgIpc) is 3.25. The molecule has 0 bridgehead atoms. The van der Waals surface area contributed by atoms with Crippen LogP contribution in [-0.2, 0) is 6.54 Å². The first-order valence-corrected chi connectivity index (χ1v) is 7.50. The Bertz CT molecular complexity index is 408. The topological polar surface area (TPSA) is 31.4 Å². The molecule has 1 aliphatic carbocycles. The minimum Gasteiger partial charge on any atom is -0.370 e. The van der Waals surface area contributed by atoms with E-state index in [1.807, 2.05) is 6.20 Å². The van der Waals surface area contributed by atoms with E-state index in [-0.39, 0.29) is 0 Å². The fourth-order valence-electron chi connectivity index (χ4n) is 2.83. The van der Waals surface area contributed by atoms with Gasteiger partial charge in [0, 0.05) is 51.5 Å². The van der Waals surface area contributed by atoms with Crippen LogP contribution in [0.3, 0.4) is 0 Å². The van der Waals surface area contributed by atoms with Crippen molar-refractivity contribution in [3.05, 3.63) is 23.9 Å². The molecule has 19 heavy (non-hydrogen) atoms. The SMILES string of the molecule is CCNc1cc(CN2CCN(C3CC3)CC2)ccn1. The minimum atomic E-state index is 0.920. The van der Waals surface area contributed by atoms with Crippen molar-refractivity contribution < 1.29 is 0 Å². The van der Waals surface area contributed by atoms with E-state index < -0.39 is 0 Å². The van der Waals surface area contributed by atoms with Gasteiger partial charge in [0.05, 0.1) is 0 Å². The third-order valence-corrected chi connectivity index (χ3v) is 4.06. The van der Waals surface area contributed by atoms with Crippen LogP contribution in [-0.4, -0.2) is 53.5 Å². The molecular formula is C15H24N4. The first-order chi connectivity index (χ1) is 9.35. The second-order valence-electron chi connectivity index (χ2n) is 5.62. The van der Waals surface area contributed by atoms with Crippen LogP contribution in [0.4, 0.5) is 5.82 Å². The van der Waals surface area contributed by atoms with Crippen molar-refractivity contribution in [2.75, 3.05) is 38.0 Å². The van der Waals surface area contributed by atoms with Gasteiger partial charge in [0.1, 0.15) is 5.82 Å². The fourth-order valence-corrected chi connectivity index (χ4v) is 2.83. The number of nitrogens with zero attached hydrogens (tertiary/aromatic N) is 3. The Balaban J connectivity index is 1.52. The first kappa shape index (κ1) is 12.9. The smallest absolute Gasteiger partial charge is 0.126 e. The molecule has 1 saturated carbocycles. The largest absolute Gasteiger partial charge is 0.370 e. The van der Waals surface area contributed by atoms with E-state index in [0.29, 0.717) is 0 Å². The van der Waals surface area contributed by atoms with Crippen LogP contribution in [0.5, 0.6) is 0 Å². The number of hydrogen-bond acceptors (Lipinski definition) is 4. The highest BCUT2D eigenvalue weighted by atomic mass is 15.3. The van der Waals surface area contributed by atoms with Crippen LogP contribution < -0.4 is 5.32 Å². The molecule has 1 aromatic rings. The van der Waals surface area contributed by atoms with Gasteiger partial charge in [-0.1, -0.05) is 0 Å². The molecule has 1 N–H and O–H groups in total. The van der Waals surface area contributed by atoms with Crippen molar-refractivity contribution in [3.63, 3.8) is 0 Å². The number of aromatic nitrogens is 1. The summed E-state index contributed by atoms with van der Waals surface area (Å²) in [5.41, 5.74) is 1.37. The highest BCUT2D eigenvalue weighted by Crippen LogP contribution is 2.27. The summed E-state index contributed by atoms with van der Waals surface area (Å²) in [4.78, 5) is 9.55. The number of anilines is 1. The Morgan fingerprint density at radius 3 is 2.74 bits per heavy atom. The molecule has 1 aromatic heterocycles. The maximum Gasteiger partial charge on any atom is 0.126 e. The zero-order chi connectivity index (χ0) is 13.1. The summed E-state index contributed by atoms with van der Waals surface area (Å²) >= 11 is 0. The molecular weight excluding hydrogens is 236 g/mol. The standard InChI is InChI=1S/C15H24N4/c1-2-16-15-11-13(5-6-17-15)12-18-7-9-19(10-8-18)14-3-4-14/h5-6,11,14H,2-4,7-10,12H2,1H3,(H,16,17). The Labute approximate surface area is 115 Å². The number of rotatable bonds is 5. The lowest BCUT2D eigenvalue weighted by molar-refractivity contribution is 0.121. The van der Waals surface area contributed by atoms with Gasteiger partial charge in [-0.15, -0.1) is 0 Å². The van der Waals surface area contributed by atoms with Crippen LogP contribution >= 0.6 is 0 Å². The van der Waals surface area contributed by atoms with Crippen LogP contribution in [0, 0.1) is 0 Å². The Morgan fingerprint density at radius 2 is 2.05 bits per heavy atom. The van der Waals surface area contributed by atoms with Gasteiger partial charge in [0.15, 0.2) is 0 Å². The Morgan fingerprint density at radius 1 is 1.26 bits per heavy atom. The zero-order valence-electron chi connectivity index (χ0n) is 11.8. The first-order valence-electron chi connectivity index (χ1n) is 7.50. The molecule has 1 aliphatic heterocycles. The normalized spacial score (nSPS) is 21.5. The predicted molar refractivity (Wildman–Crippen MR) is 78.3 cm³/mol. The summed E-state index contributed by atoms with van der Waals surface area (Å²) in [5, 5.41) is 3.28. The van der Waals surface area contributed by atoms with Crippen LogP contribution in [0.15, 0.2) is 18.3 Å². The highest BCUT2D eigenvalue weighted by Gasteiger charge is 2.30. The molecule has 0 spiro atoms. The zero-order valence-corrected chi connectivity index (χ0v) is 11.8. The third-order valence-electron chi connectivity index (χ3n) is 4.06. The number of nitrogens with one attached hydrogen (secondary N) is 1. The minimum absolute atomic E-state index is 0.920. The second-order valence-corrected chi connectivity index (χ2v) is 5.62. The van der Waals surface area contributed by atoms with Gasteiger partial charge < -0.3 is 5.32 Å². The molecule has 0 amide bonds. The quantitative estimate of drug-likeness (QED) is 0.874. The highest BCUT2D eigenvalue weighted by molar-refractivity contribution is 5.37. The molecule has 0 aromatic carbocycles. The van der Waals surface area contributed by atoms with E-state index in [9.17, 15) is 0 Å². The van der Waals surface area contributed by atoms with Crippen molar-refractivity contribution in [3.8, 4) is 0 Å². The van der Waals surface area contributed by atoms with Gasteiger partial charge in [-0.05, 0) is 37.5 Å². The van der Waals surface area contributed by atoms with E-state index in [1.165, 1.54) is 44.6 Å². The third kappa shape index (κ3) is 3.45. The Hall–Kier alpha value is -1.13. The number of piperazine rings is 1. The van der Waals surface area contributed by atoms with Crippen molar-refractivity contribution in [1.29, 1.82) is 0 Å². The van der Waals surface area contributed by atoms with Crippen molar-refractivity contribution in [2.24, 2.45) is 0 Å². The maximum atomic E-state index is 4.33. The molecule has 104 valence electrons. The lowest BCUT2D eigenvalue weighted by atomic mass is 10.2. The molecule has 2 fully saturated rings. The van der Waals surface area contributed by atoms with Gasteiger partial charge in [0.2, 0.25) is 0 Å². The molecule has 3 rings (SSSR count). The molecule has 0 radical (unpaired) electrons.